The Morgan fingerprint density at radius 1 is 1.03 bits per heavy atom. The lowest BCUT2D eigenvalue weighted by Crippen LogP contribution is -2.35. The summed E-state index contributed by atoms with van der Waals surface area (Å²) in [6.45, 7) is 6.10. The van der Waals surface area contributed by atoms with E-state index in [1.165, 1.54) is 11.7 Å². The van der Waals surface area contributed by atoms with Crippen molar-refractivity contribution in [2.24, 2.45) is 12.5 Å². The fraction of sp³-hybridized carbons (Fsp3) is 0.550. The second-order valence-electron chi connectivity index (χ2n) is 8.78. The van der Waals surface area contributed by atoms with E-state index in [0.717, 1.165) is 23.6 Å². The summed E-state index contributed by atoms with van der Waals surface area (Å²) in [5.41, 5.74) is -3.52. The molecule has 0 saturated heterocycles. The minimum Gasteiger partial charge on any atom is -0.284 e. The predicted molar refractivity (Wildman–Crippen MR) is 94.1 cm³/mol. The second-order valence-corrected chi connectivity index (χ2v) is 8.78. The number of hydrogen-bond donors (Lipinski definition) is 0. The normalized spacial score (nSPS) is 25.5. The predicted octanol–water partition coefficient (Wildman–Crippen LogP) is 5.39. The van der Waals surface area contributed by atoms with Crippen molar-refractivity contribution in [3.63, 3.8) is 0 Å². The third-order valence-electron chi connectivity index (χ3n) is 7.26. The first kappa shape index (κ1) is 20.1. The Hall–Kier alpha value is -2.19. The van der Waals surface area contributed by atoms with Gasteiger partial charge >= 0.3 is 12.4 Å². The van der Waals surface area contributed by atoms with Crippen LogP contribution in [0.1, 0.15) is 61.9 Å². The van der Waals surface area contributed by atoms with Crippen molar-refractivity contribution >= 4 is 0 Å². The molecule has 1 heterocycles. The van der Waals surface area contributed by atoms with Crippen molar-refractivity contribution in [2.45, 2.75) is 57.3 Å². The standard InChI is InChI=1S/C20H20F6N2O/c1-17(2)11-7-8-18(17,3)15-14(11)16(29)28(27(15)4)13-6-5-10(19(21,22)23)9-12(13)20(24,25)26/h5-6,9,11H,7-8H2,1-4H3. The van der Waals surface area contributed by atoms with Gasteiger partial charge in [0.1, 0.15) is 0 Å². The fourth-order valence-electron chi connectivity index (χ4n) is 5.42. The summed E-state index contributed by atoms with van der Waals surface area (Å²) in [5, 5.41) is 0. The van der Waals surface area contributed by atoms with Gasteiger partial charge in [-0.15, -0.1) is 0 Å². The van der Waals surface area contributed by atoms with Gasteiger partial charge in [-0.1, -0.05) is 20.8 Å². The molecule has 1 saturated carbocycles. The maximum atomic E-state index is 13.6. The van der Waals surface area contributed by atoms with E-state index >= 15 is 0 Å². The van der Waals surface area contributed by atoms with Crippen molar-refractivity contribution < 1.29 is 26.3 Å². The number of hydrogen-bond acceptors (Lipinski definition) is 1. The monoisotopic (exact) mass is 418 g/mol. The summed E-state index contributed by atoms with van der Waals surface area (Å²) in [7, 11) is 1.50. The van der Waals surface area contributed by atoms with Crippen LogP contribution in [0.5, 0.6) is 0 Å². The van der Waals surface area contributed by atoms with Gasteiger partial charge < -0.3 is 0 Å². The third kappa shape index (κ3) is 2.42. The molecule has 0 aliphatic heterocycles. The molecule has 2 unspecified atom stereocenters. The van der Waals surface area contributed by atoms with Crippen LogP contribution >= 0.6 is 0 Å². The smallest absolute Gasteiger partial charge is 0.284 e. The maximum Gasteiger partial charge on any atom is 0.418 e. The van der Waals surface area contributed by atoms with E-state index in [0.29, 0.717) is 17.3 Å². The molecule has 0 N–H and O–H groups in total. The maximum absolute atomic E-state index is 13.6. The van der Waals surface area contributed by atoms with Crippen LogP contribution < -0.4 is 5.56 Å². The van der Waals surface area contributed by atoms with E-state index in [2.05, 4.69) is 0 Å². The van der Waals surface area contributed by atoms with Crippen LogP contribution in [0.25, 0.3) is 5.69 Å². The van der Waals surface area contributed by atoms with Crippen molar-refractivity contribution in [3.8, 4) is 5.69 Å². The second kappa shape index (κ2) is 5.49. The molecule has 0 amide bonds. The zero-order valence-corrected chi connectivity index (χ0v) is 16.3. The molecule has 1 aromatic carbocycles. The number of benzene rings is 1. The zero-order chi connectivity index (χ0) is 21.7. The van der Waals surface area contributed by atoms with Crippen LogP contribution in [-0.4, -0.2) is 9.36 Å². The van der Waals surface area contributed by atoms with E-state index in [4.69, 9.17) is 0 Å². The molecule has 4 rings (SSSR count). The fourth-order valence-corrected chi connectivity index (χ4v) is 5.42. The van der Waals surface area contributed by atoms with Gasteiger partial charge in [0.2, 0.25) is 0 Å². The van der Waals surface area contributed by atoms with Gasteiger partial charge in [-0.05, 0) is 42.4 Å². The summed E-state index contributed by atoms with van der Waals surface area (Å²) in [6.07, 6.45) is -8.41. The van der Waals surface area contributed by atoms with E-state index < -0.39 is 40.1 Å². The Labute approximate surface area is 162 Å². The highest BCUT2D eigenvalue weighted by molar-refractivity contribution is 5.50. The highest BCUT2D eigenvalue weighted by Crippen LogP contribution is 2.67. The van der Waals surface area contributed by atoms with Gasteiger partial charge in [-0.2, -0.15) is 26.3 Å². The lowest BCUT2D eigenvalue weighted by atomic mass is 9.70. The number of halogens is 6. The molecule has 2 aliphatic carbocycles. The molecule has 3 nitrogen and oxygen atoms in total. The molecule has 2 atom stereocenters. The SMILES string of the molecule is Cn1c2c(c(=O)n1-c1ccc(C(F)(F)F)cc1C(F)(F)F)C1CCC2(C)C1(C)C. The zero-order valence-electron chi connectivity index (χ0n) is 16.3. The molecule has 158 valence electrons. The molecular formula is C20H20F6N2O. The Kier molecular flexibility index (Phi) is 3.80. The van der Waals surface area contributed by atoms with Crippen molar-refractivity contribution in [2.75, 3.05) is 0 Å². The molecular weight excluding hydrogens is 398 g/mol. The van der Waals surface area contributed by atoms with Gasteiger partial charge in [0, 0.05) is 18.0 Å². The lowest BCUT2D eigenvalue weighted by molar-refractivity contribution is -0.143. The summed E-state index contributed by atoms with van der Waals surface area (Å²) < 4.78 is 82.2. The number of alkyl halides is 6. The van der Waals surface area contributed by atoms with Gasteiger partial charge in [0.05, 0.1) is 22.5 Å². The molecule has 2 aliphatic rings. The quantitative estimate of drug-likeness (QED) is 0.571. The Morgan fingerprint density at radius 3 is 2.17 bits per heavy atom. The highest BCUT2D eigenvalue weighted by atomic mass is 19.4. The highest BCUT2D eigenvalue weighted by Gasteiger charge is 2.62. The Balaban J connectivity index is 2.01. The van der Waals surface area contributed by atoms with E-state index in [9.17, 15) is 31.1 Å². The molecule has 2 bridgehead atoms. The van der Waals surface area contributed by atoms with Gasteiger partial charge in [-0.3, -0.25) is 9.48 Å². The third-order valence-corrected chi connectivity index (χ3v) is 7.26. The van der Waals surface area contributed by atoms with Crippen LogP contribution in [0.3, 0.4) is 0 Å². The largest absolute Gasteiger partial charge is 0.418 e. The van der Waals surface area contributed by atoms with Crippen LogP contribution in [0, 0.1) is 5.41 Å². The van der Waals surface area contributed by atoms with Crippen LogP contribution in [0.2, 0.25) is 0 Å². The Bertz CT molecular complexity index is 1070. The van der Waals surface area contributed by atoms with E-state index in [1.807, 2.05) is 20.8 Å². The average Bonchev–Trinajstić information content (AvgIpc) is 3.04. The van der Waals surface area contributed by atoms with Gasteiger partial charge in [0.25, 0.3) is 5.56 Å². The summed E-state index contributed by atoms with van der Waals surface area (Å²) >= 11 is 0. The lowest BCUT2D eigenvalue weighted by Gasteiger charge is -2.36. The number of nitrogens with zero attached hydrogens (tertiary/aromatic N) is 2. The number of rotatable bonds is 1. The van der Waals surface area contributed by atoms with Gasteiger partial charge in [-0.25, -0.2) is 4.68 Å². The Morgan fingerprint density at radius 2 is 1.66 bits per heavy atom. The average molecular weight is 418 g/mol. The first-order valence-electron chi connectivity index (χ1n) is 9.23. The molecule has 9 heteroatoms. The molecule has 1 fully saturated rings. The van der Waals surface area contributed by atoms with Crippen LogP contribution in [0.15, 0.2) is 23.0 Å². The molecule has 29 heavy (non-hydrogen) atoms. The molecule has 2 aromatic rings. The number of fused-ring (bicyclic) bond motifs is 5. The molecule has 1 aromatic heterocycles. The first-order valence-corrected chi connectivity index (χ1v) is 9.23. The van der Waals surface area contributed by atoms with Crippen molar-refractivity contribution in [1.29, 1.82) is 0 Å². The van der Waals surface area contributed by atoms with Crippen molar-refractivity contribution in [3.05, 3.63) is 50.9 Å². The van der Waals surface area contributed by atoms with Crippen molar-refractivity contribution in [1.82, 2.24) is 9.36 Å². The van der Waals surface area contributed by atoms with E-state index in [1.54, 1.807) is 0 Å². The minimum absolute atomic E-state index is 0.0696. The van der Waals surface area contributed by atoms with Crippen LogP contribution in [0.4, 0.5) is 26.3 Å². The molecule has 0 spiro atoms. The van der Waals surface area contributed by atoms with Gasteiger partial charge in [0.15, 0.2) is 0 Å². The number of aromatic nitrogens is 2. The van der Waals surface area contributed by atoms with E-state index in [-0.39, 0.29) is 17.4 Å². The topological polar surface area (TPSA) is 26.9 Å². The summed E-state index contributed by atoms with van der Waals surface area (Å²) in [5.74, 6) is -0.0914. The molecule has 0 radical (unpaired) electrons. The minimum atomic E-state index is -5.05. The summed E-state index contributed by atoms with van der Waals surface area (Å²) in [4.78, 5) is 13.2. The van der Waals surface area contributed by atoms with Crippen LogP contribution in [-0.2, 0) is 24.8 Å². The summed E-state index contributed by atoms with van der Waals surface area (Å²) in [6, 6.07) is 1.38. The first-order chi connectivity index (χ1) is 13.1.